The average molecular weight is 610 g/mol. The molecule has 1 fully saturated rings. The molecule has 0 aliphatic carbocycles. The Hall–Kier alpha value is -3.75. The molecule has 228 valence electrons. The minimum absolute atomic E-state index is 0.217. The van der Waals surface area contributed by atoms with Crippen LogP contribution in [-0.4, -0.2) is 44.7 Å². The summed E-state index contributed by atoms with van der Waals surface area (Å²) in [4.78, 5) is 18.5. The van der Waals surface area contributed by atoms with E-state index >= 15 is 0 Å². The van der Waals surface area contributed by atoms with Crippen LogP contribution in [-0.2, 0) is 18.7 Å². The van der Waals surface area contributed by atoms with Crippen molar-refractivity contribution in [3.05, 3.63) is 120 Å². The summed E-state index contributed by atoms with van der Waals surface area (Å²) in [7, 11) is -1.53. The van der Waals surface area contributed by atoms with Crippen molar-refractivity contribution in [2.75, 3.05) is 7.11 Å². The molecule has 5 nitrogen and oxygen atoms in total. The fraction of sp³-hybridized carbons (Fsp3) is 0.297. The number of rotatable bonds is 8. The maximum absolute atomic E-state index is 13.8. The summed E-state index contributed by atoms with van der Waals surface area (Å²) in [6.07, 6.45) is 2.01. The average Bonchev–Trinajstić information content (AvgIpc) is 3.01. The second-order valence-electron chi connectivity index (χ2n) is 12.3. The number of nitrogens with zero attached hydrogens (tertiary/aromatic N) is 1. The lowest BCUT2D eigenvalue weighted by Gasteiger charge is -2.46. The molecule has 7 heteroatoms. The Morgan fingerprint density at radius 3 is 2.07 bits per heavy atom. The molecule has 44 heavy (non-hydrogen) atoms. The molecule has 1 aliphatic heterocycles. The minimum Gasteiger partial charge on any atom is -0.397 e. The maximum atomic E-state index is 13.8. The van der Waals surface area contributed by atoms with Gasteiger partial charge in [0.25, 0.3) is 8.32 Å². The van der Waals surface area contributed by atoms with Gasteiger partial charge < -0.3 is 13.9 Å². The molecule has 5 rings (SSSR count). The second-order valence-corrected chi connectivity index (χ2v) is 16.6. The number of carbonyl (C=O) groups is 1. The predicted octanol–water partition coefficient (Wildman–Crippen LogP) is 6.79. The Morgan fingerprint density at radius 1 is 0.932 bits per heavy atom. The van der Waals surface area contributed by atoms with Crippen LogP contribution in [0.15, 0.2) is 97.1 Å². The number of hydrogen-bond donors (Lipinski definition) is 0. The molecule has 1 saturated heterocycles. The van der Waals surface area contributed by atoms with E-state index in [1.807, 2.05) is 68.5 Å². The van der Waals surface area contributed by atoms with Gasteiger partial charge >= 0.3 is 0 Å². The summed E-state index contributed by atoms with van der Waals surface area (Å²) in [5.41, 5.74) is 4.46. The van der Waals surface area contributed by atoms with Gasteiger partial charge in [-0.15, -0.1) is 0 Å². The van der Waals surface area contributed by atoms with E-state index in [1.165, 1.54) is 19.2 Å². The van der Waals surface area contributed by atoms with Gasteiger partial charge in [-0.1, -0.05) is 106 Å². The van der Waals surface area contributed by atoms with E-state index in [0.29, 0.717) is 6.42 Å². The highest BCUT2D eigenvalue weighted by Gasteiger charge is 2.53. The topological polar surface area (TPSA) is 57.6 Å². The highest BCUT2D eigenvalue weighted by Crippen LogP contribution is 2.39. The molecular weight excluding hydrogens is 569 g/mol. The Balaban J connectivity index is 1.53. The first kappa shape index (κ1) is 31.7. The van der Waals surface area contributed by atoms with Gasteiger partial charge in [0.15, 0.2) is 0 Å². The maximum Gasteiger partial charge on any atom is 0.262 e. The van der Waals surface area contributed by atoms with Crippen LogP contribution in [0, 0.1) is 19.7 Å². The van der Waals surface area contributed by atoms with Gasteiger partial charge in [-0.3, -0.25) is 9.78 Å². The molecule has 1 aromatic heterocycles. The molecule has 0 radical (unpaired) electrons. The fourth-order valence-electron chi connectivity index (χ4n) is 6.19. The first-order valence-electron chi connectivity index (χ1n) is 15.0. The SMILES string of the molecule is COC1O[C@H](C=Cc2c(-c3ccc(F)cc3)cc(C)nc2C)C[C@@H](O[Si](c2ccccc2)(c2ccccc2)C(C)(C)C)C1=O. The molecule has 3 aromatic carbocycles. The third-order valence-electron chi connectivity index (χ3n) is 8.25. The number of benzene rings is 3. The second kappa shape index (κ2) is 13.1. The lowest BCUT2D eigenvalue weighted by atomic mass is 9.96. The number of ether oxygens (including phenoxy) is 2. The lowest BCUT2D eigenvalue weighted by Crippen LogP contribution is -2.69. The molecule has 0 saturated carbocycles. The zero-order valence-corrected chi connectivity index (χ0v) is 27.2. The number of ketones is 1. The molecule has 1 aliphatic rings. The Morgan fingerprint density at radius 2 is 1.52 bits per heavy atom. The highest BCUT2D eigenvalue weighted by atomic mass is 28.4. The predicted molar refractivity (Wildman–Crippen MR) is 176 cm³/mol. The number of aryl methyl sites for hydroxylation is 2. The van der Waals surface area contributed by atoms with Crippen LogP contribution in [0.1, 0.15) is 44.1 Å². The van der Waals surface area contributed by atoms with Gasteiger partial charge in [0.05, 0.1) is 6.10 Å². The molecule has 0 bridgehead atoms. The van der Waals surface area contributed by atoms with Crippen molar-refractivity contribution in [3.8, 4) is 11.1 Å². The number of pyridine rings is 1. The number of methoxy groups -OCH3 is 1. The minimum atomic E-state index is -3.01. The molecule has 2 heterocycles. The van der Waals surface area contributed by atoms with Crippen LogP contribution in [0.2, 0.25) is 5.04 Å². The monoisotopic (exact) mass is 609 g/mol. The van der Waals surface area contributed by atoms with E-state index in [0.717, 1.165) is 38.5 Å². The number of hydrogen-bond acceptors (Lipinski definition) is 5. The van der Waals surface area contributed by atoms with Crippen LogP contribution in [0.3, 0.4) is 0 Å². The third kappa shape index (κ3) is 6.37. The van der Waals surface area contributed by atoms with Gasteiger partial charge in [-0.2, -0.15) is 0 Å². The normalized spacial score (nSPS) is 19.4. The van der Waals surface area contributed by atoms with Crippen LogP contribution < -0.4 is 10.4 Å². The molecule has 1 unspecified atom stereocenters. The summed E-state index contributed by atoms with van der Waals surface area (Å²) < 4.78 is 32.6. The molecule has 0 amide bonds. The number of Topliss-reactive ketones (excluding diaryl/α,β-unsaturated/α-hetero) is 1. The van der Waals surface area contributed by atoms with Crippen LogP contribution in [0.25, 0.3) is 17.2 Å². The van der Waals surface area contributed by atoms with E-state index in [4.69, 9.17) is 13.9 Å². The largest absolute Gasteiger partial charge is 0.397 e. The summed E-state index contributed by atoms with van der Waals surface area (Å²) in [5, 5.41) is 1.91. The van der Waals surface area contributed by atoms with Crippen molar-refractivity contribution in [2.24, 2.45) is 0 Å². The van der Waals surface area contributed by atoms with Crippen LogP contribution in [0.4, 0.5) is 4.39 Å². The first-order valence-corrected chi connectivity index (χ1v) is 16.9. The van der Waals surface area contributed by atoms with Crippen molar-refractivity contribution in [2.45, 2.75) is 64.6 Å². The first-order chi connectivity index (χ1) is 21.0. The number of halogens is 1. The Kier molecular flexibility index (Phi) is 9.41. The van der Waals surface area contributed by atoms with Crippen molar-refractivity contribution in [3.63, 3.8) is 0 Å². The Labute approximate surface area is 260 Å². The molecule has 4 aromatic rings. The van der Waals surface area contributed by atoms with Gasteiger partial charge in [-0.25, -0.2) is 4.39 Å². The summed E-state index contributed by atoms with van der Waals surface area (Å²) in [6, 6.07) is 29.0. The van der Waals surface area contributed by atoms with Gasteiger partial charge in [0.2, 0.25) is 12.1 Å². The van der Waals surface area contributed by atoms with E-state index in [2.05, 4.69) is 50.0 Å². The number of carbonyl (C=O) groups excluding carboxylic acids is 1. The molecule has 3 atom stereocenters. The van der Waals surface area contributed by atoms with E-state index in [1.54, 1.807) is 12.1 Å². The van der Waals surface area contributed by atoms with E-state index in [9.17, 15) is 9.18 Å². The Bertz CT molecular complexity index is 1580. The van der Waals surface area contributed by atoms with Crippen LogP contribution in [0.5, 0.6) is 0 Å². The van der Waals surface area contributed by atoms with Crippen molar-refractivity contribution >= 4 is 30.6 Å². The number of aromatic nitrogens is 1. The zero-order chi connectivity index (χ0) is 31.5. The van der Waals surface area contributed by atoms with E-state index in [-0.39, 0.29) is 16.6 Å². The smallest absolute Gasteiger partial charge is 0.262 e. The summed E-state index contributed by atoms with van der Waals surface area (Å²) in [6.45, 7) is 10.5. The quantitative estimate of drug-likeness (QED) is 0.206. The van der Waals surface area contributed by atoms with Gasteiger partial charge in [0.1, 0.15) is 11.9 Å². The van der Waals surface area contributed by atoms with Gasteiger partial charge in [0, 0.05) is 30.5 Å². The molecule has 0 spiro atoms. The molecule has 0 N–H and O–H groups in total. The molecular formula is C37H40FNO4Si. The van der Waals surface area contributed by atoms with Crippen molar-refractivity contribution in [1.29, 1.82) is 0 Å². The van der Waals surface area contributed by atoms with E-state index < -0.39 is 26.8 Å². The van der Waals surface area contributed by atoms with Crippen molar-refractivity contribution < 1.29 is 23.1 Å². The zero-order valence-electron chi connectivity index (χ0n) is 26.2. The standard InChI is InChI=1S/C37H40FNO4Si/c1-25-23-33(27-17-19-28(38)20-18-27)32(26(2)39-25)22-21-29-24-34(35(40)36(41-6)42-29)43-44(37(3,4)5,30-13-9-7-10-14-30)31-15-11-8-12-16-31/h7-23,29,34,36H,24H2,1-6H3/t29-,34-,36?/m1/s1. The summed E-state index contributed by atoms with van der Waals surface area (Å²) >= 11 is 0. The van der Waals surface area contributed by atoms with Crippen LogP contribution >= 0.6 is 0 Å². The highest BCUT2D eigenvalue weighted by molar-refractivity contribution is 6.99. The summed E-state index contributed by atoms with van der Waals surface area (Å²) in [5.74, 6) is -0.503. The lowest BCUT2D eigenvalue weighted by molar-refractivity contribution is -0.194. The fourth-order valence-corrected chi connectivity index (χ4v) is 10.8. The van der Waals surface area contributed by atoms with Crippen molar-refractivity contribution in [1.82, 2.24) is 4.98 Å². The van der Waals surface area contributed by atoms with Gasteiger partial charge in [-0.05, 0) is 58.6 Å². The third-order valence-corrected chi connectivity index (χ3v) is 13.3.